The predicted octanol–water partition coefficient (Wildman–Crippen LogP) is 4.00. The molecule has 0 aliphatic rings. The van der Waals surface area contributed by atoms with Crippen LogP contribution >= 0.6 is 0 Å². The zero-order chi connectivity index (χ0) is 20.3. The summed E-state index contributed by atoms with van der Waals surface area (Å²) in [5, 5.41) is 11.4. The van der Waals surface area contributed by atoms with E-state index in [4.69, 9.17) is 0 Å². The highest BCUT2D eigenvalue weighted by molar-refractivity contribution is 6.03. The number of benzene rings is 2. The fraction of sp³-hybridized carbons (Fsp3) is 0.261. The Morgan fingerprint density at radius 1 is 1.14 bits per heavy atom. The maximum atomic E-state index is 13.0. The number of hydrogen-bond acceptors (Lipinski definition) is 3. The van der Waals surface area contributed by atoms with E-state index in [1.165, 1.54) is 0 Å². The van der Waals surface area contributed by atoms with Gasteiger partial charge in [0, 0.05) is 24.0 Å². The number of carbonyl (C=O) groups is 1. The van der Waals surface area contributed by atoms with E-state index in [1.807, 2.05) is 55.5 Å². The van der Waals surface area contributed by atoms with Crippen LogP contribution in [0.4, 0.5) is 5.69 Å². The van der Waals surface area contributed by atoms with E-state index in [0.717, 1.165) is 22.0 Å². The summed E-state index contributed by atoms with van der Waals surface area (Å²) in [6.07, 6.45) is 0.777. The number of pyridine rings is 1. The summed E-state index contributed by atoms with van der Waals surface area (Å²) in [5.74, 6) is 0.0161. The molecule has 0 radical (unpaired) electrons. The van der Waals surface area contributed by atoms with Crippen LogP contribution in [0.3, 0.4) is 0 Å². The minimum Gasteiger partial charge on any atom is -0.325 e. The summed E-state index contributed by atoms with van der Waals surface area (Å²) in [5.41, 5.74) is 2.87. The van der Waals surface area contributed by atoms with E-state index >= 15 is 0 Å². The fourth-order valence-electron chi connectivity index (χ4n) is 3.71. The van der Waals surface area contributed by atoms with E-state index < -0.39 is 0 Å². The predicted molar refractivity (Wildman–Crippen MR) is 112 cm³/mol. The Labute approximate surface area is 164 Å². The van der Waals surface area contributed by atoms with Gasteiger partial charge in [-0.1, -0.05) is 36.4 Å². The van der Waals surface area contributed by atoms with Gasteiger partial charge in [-0.2, -0.15) is 5.26 Å². The molecule has 0 aliphatic heterocycles. The molecule has 0 unspecified atom stereocenters. The summed E-state index contributed by atoms with van der Waals surface area (Å²) in [7, 11) is 0. The largest absolute Gasteiger partial charge is 0.325 e. The molecule has 5 heteroatoms. The fourth-order valence-corrected chi connectivity index (χ4v) is 3.71. The van der Waals surface area contributed by atoms with Crippen molar-refractivity contribution >= 4 is 22.4 Å². The van der Waals surface area contributed by atoms with Gasteiger partial charge < -0.3 is 9.88 Å². The van der Waals surface area contributed by atoms with Crippen molar-refractivity contribution in [2.45, 2.75) is 33.6 Å². The maximum Gasteiger partial charge on any atom is 0.266 e. The number of amides is 1. The zero-order valence-corrected chi connectivity index (χ0v) is 16.4. The number of nitriles is 1. The minimum atomic E-state index is -0.376. The van der Waals surface area contributed by atoms with Crippen molar-refractivity contribution < 1.29 is 4.79 Å². The first-order valence-electron chi connectivity index (χ1n) is 9.38. The van der Waals surface area contributed by atoms with Crippen LogP contribution in [0.15, 0.2) is 47.3 Å². The number of nitrogens with zero attached hydrogens (tertiary/aromatic N) is 2. The van der Waals surface area contributed by atoms with Crippen molar-refractivity contribution in [3.8, 4) is 6.07 Å². The van der Waals surface area contributed by atoms with Crippen LogP contribution in [0.2, 0.25) is 0 Å². The highest BCUT2D eigenvalue weighted by atomic mass is 16.2. The van der Waals surface area contributed by atoms with Crippen LogP contribution in [0.25, 0.3) is 10.8 Å². The van der Waals surface area contributed by atoms with Crippen LogP contribution in [-0.4, -0.2) is 17.4 Å². The van der Waals surface area contributed by atoms with Gasteiger partial charge in [0.15, 0.2) is 0 Å². The summed E-state index contributed by atoms with van der Waals surface area (Å²) < 4.78 is 0. The van der Waals surface area contributed by atoms with Gasteiger partial charge >= 0.3 is 0 Å². The third-order valence-corrected chi connectivity index (χ3v) is 5.18. The Balaban J connectivity index is 1.88. The molecule has 1 N–H and O–H groups in total. The lowest BCUT2D eigenvalue weighted by Crippen LogP contribution is -2.31. The first kappa shape index (κ1) is 19.4. The lowest BCUT2D eigenvalue weighted by atomic mass is 9.98. The molecule has 142 valence electrons. The van der Waals surface area contributed by atoms with Gasteiger partial charge in [0.05, 0.1) is 5.69 Å². The van der Waals surface area contributed by atoms with Crippen LogP contribution in [0.5, 0.6) is 0 Å². The summed E-state index contributed by atoms with van der Waals surface area (Å²) >= 11 is 0. The van der Waals surface area contributed by atoms with Crippen LogP contribution in [0.1, 0.15) is 35.7 Å². The maximum absolute atomic E-state index is 13.0. The first-order valence-corrected chi connectivity index (χ1v) is 9.38. The standard InChI is InChI=1S/C23H23N3O2/c1-4-26(21-11-7-9-17-8-5-6-10-19(17)21)22(27)13-12-18-15(2)20(14-24)23(28)25-16(18)3/h5-11H,4,12-13H2,1-3H3,(H,25,28). The number of H-pyrrole nitrogens is 1. The highest BCUT2D eigenvalue weighted by Crippen LogP contribution is 2.27. The second-order valence-corrected chi connectivity index (χ2v) is 6.81. The second kappa shape index (κ2) is 8.10. The SMILES string of the molecule is CCN(C(=O)CCc1c(C)[nH]c(=O)c(C#N)c1C)c1cccc2ccccc12. The van der Waals surface area contributed by atoms with Crippen molar-refractivity contribution in [1.29, 1.82) is 5.26 Å². The number of aryl methyl sites for hydroxylation is 1. The van der Waals surface area contributed by atoms with Crippen LogP contribution in [0, 0.1) is 25.2 Å². The number of rotatable bonds is 5. The van der Waals surface area contributed by atoms with Crippen LogP contribution < -0.4 is 10.5 Å². The molecule has 0 spiro atoms. The molecule has 5 nitrogen and oxygen atoms in total. The minimum absolute atomic E-state index is 0.0161. The highest BCUT2D eigenvalue weighted by Gasteiger charge is 2.18. The molecule has 28 heavy (non-hydrogen) atoms. The molecule has 2 aromatic carbocycles. The van der Waals surface area contributed by atoms with Crippen molar-refractivity contribution in [2.75, 3.05) is 11.4 Å². The third-order valence-electron chi connectivity index (χ3n) is 5.18. The average molecular weight is 373 g/mol. The molecule has 0 saturated carbocycles. The smallest absolute Gasteiger partial charge is 0.266 e. The monoisotopic (exact) mass is 373 g/mol. The topological polar surface area (TPSA) is 77.0 Å². The summed E-state index contributed by atoms with van der Waals surface area (Å²) in [6.45, 7) is 6.10. The van der Waals surface area contributed by atoms with Crippen molar-refractivity contribution in [1.82, 2.24) is 4.98 Å². The van der Waals surface area contributed by atoms with Gasteiger partial charge in [0.2, 0.25) is 5.91 Å². The average Bonchev–Trinajstić information content (AvgIpc) is 2.68. The number of hydrogen-bond donors (Lipinski definition) is 1. The Hall–Kier alpha value is -3.39. The lowest BCUT2D eigenvalue weighted by Gasteiger charge is -2.23. The summed E-state index contributed by atoms with van der Waals surface area (Å²) in [4.78, 5) is 29.4. The zero-order valence-electron chi connectivity index (χ0n) is 16.4. The van der Waals surface area contributed by atoms with Crippen molar-refractivity contribution in [3.05, 3.63) is 75.2 Å². The summed E-state index contributed by atoms with van der Waals surface area (Å²) in [6, 6.07) is 15.9. The molecular formula is C23H23N3O2. The molecule has 1 amide bonds. The third kappa shape index (κ3) is 3.54. The number of carbonyl (C=O) groups excluding carboxylic acids is 1. The molecule has 0 saturated heterocycles. The Kier molecular flexibility index (Phi) is 5.60. The molecule has 3 aromatic rings. The molecule has 0 fully saturated rings. The quantitative estimate of drug-likeness (QED) is 0.734. The van der Waals surface area contributed by atoms with E-state index in [2.05, 4.69) is 4.98 Å². The van der Waals surface area contributed by atoms with Crippen LogP contribution in [-0.2, 0) is 11.2 Å². The molecular weight excluding hydrogens is 350 g/mol. The number of nitrogens with one attached hydrogen (secondary N) is 1. The Bertz CT molecular complexity index is 1130. The first-order chi connectivity index (χ1) is 13.5. The van der Waals surface area contributed by atoms with Crippen molar-refractivity contribution in [2.24, 2.45) is 0 Å². The Morgan fingerprint density at radius 2 is 1.86 bits per heavy atom. The van der Waals surface area contributed by atoms with Crippen molar-refractivity contribution in [3.63, 3.8) is 0 Å². The number of aromatic nitrogens is 1. The van der Waals surface area contributed by atoms with Gasteiger partial charge in [0.1, 0.15) is 11.6 Å². The normalized spacial score (nSPS) is 10.6. The van der Waals surface area contributed by atoms with E-state index in [0.29, 0.717) is 30.6 Å². The van der Waals surface area contributed by atoms with E-state index in [1.54, 1.807) is 18.7 Å². The van der Waals surface area contributed by atoms with Gasteiger partial charge in [-0.15, -0.1) is 0 Å². The second-order valence-electron chi connectivity index (χ2n) is 6.81. The number of aromatic amines is 1. The molecule has 3 rings (SSSR count). The van der Waals surface area contributed by atoms with Gasteiger partial charge in [0.25, 0.3) is 5.56 Å². The molecule has 0 atom stereocenters. The molecule has 0 aliphatic carbocycles. The number of anilines is 1. The lowest BCUT2D eigenvalue weighted by molar-refractivity contribution is -0.118. The van der Waals surface area contributed by atoms with E-state index in [9.17, 15) is 14.9 Å². The number of fused-ring (bicyclic) bond motifs is 1. The van der Waals surface area contributed by atoms with Gasteiger partial charge in [-0.3, -0.25) is 9.59 Å². The van der Waals surface area contributed by atoms with Gasteiger partial charge in [-0.25, -0.2) is 0 Å². The van der Waals surface area contributed by atoms with E-state index in [-0.39, 0.29) is 17.0 Å². The Morgan fingerprint density at radius 3 is 2.57 bits per heavy atom. The van der Waals surface area contributed by atoms with Gasteiger partial charge in [-0.05, 0) is 49.8 Å². The molecule has 1 heterocycles. The molecule has 0 bridgehead atoms. The molecule has 1 aromatic heterocycles.